The molecule has 0 fully saturated rings. The number of aryl methyl sites for hydroxylation is 1. The van der Waals surface area contributed by atoms with Crippen LogP contribution < -0.4 is 10.1 Å². The molecule has 0 aliphatic rings. The summed E-state index contributed by atoms with van der Waals surface area (Å²) < 4.78 is 11.6. The molecule has 0 aliphatic heterocycles. The highest BCUT2D eigenvalue weighted by Crippen LogP contribution is 2.24. The molecule has 5 heteroatoms. The standard InChI is InChI=1S/C22H30ClNO2.ClH/c1-3-4-13-25-14-5-12-24-16-20-15-21(23)10-11-22(20)26-17-19-8-6-18(2)7-9-19;/h6-11,15,24H,3-5,12-14,16-17H2,1-2H3;1H. The van der Waals surface area contributed by atoms with Crippen molar-refractivity contribution < 1.29 is 9.47 Å². The van der Waals surface area contributed by atoms with Crippen LogP contribution in [0.4, 0.5) is 0 Å². The van der Waals surface area contributed by atoms with Gasteiger partial charge in [0.05, 0.1) is 0 Å². The molecule has 150 valence electrons. The number of hydrogen-bond acceptors (Lipinski definition) is 3. The van der Waals surface area contributed by atoms with Gasteiger partial charge in [-0.05, 0) is 50.1 Å². The van der Waals surface area contributed by atoms with Gasteiger partial charge in [0.2, 0.25) is 0 Å². The van der Waals surface area contributed by atoms with Crippen molar-refractivity contribution in [1.29, 1.82) is 0 Å². The Bertz CT molecular complexity index is 647. The minimum atomic E-state index is 0. The summed E-state index contributed by atoms with van der Waals surface area (Å²) in [6.07, 6.45) is 3.32. The van der Waals surface area contributed by atoms with Crippen molar-refractivity contribution in [3.63, 3.8) is 0 Å². The first-order chi connectivity index (χ1) is 12.7. The van der Waals surface area contributed by atoms with Gasteiger partial charge in [-0.3, -0.25) is 0 Å². The van der Waals surface area contributed by atoms with Crippen molar-refractivity contribution in [3.8, 4) is 5.75 Å². The summed E-state index contributed by atoms with van der Waals surface area (Å²) in [7, 11) is 0. The van der Waals surface area contributed by atoms with Gasteiger partial charge in [-0.25, -0.2) is 0 Å². The van der Waals surface area contributed by atoms with Crippen LogP contribution in [-0.4, -0.2) is 19.8 Å². The zero-order valence-electron chi connectivity index (χ0n) is 16.3. The van der Waals surface area contributed by atoms with Crippen LogP contribution in [0.5, 0.6) is 5.75 Å². The van der Waals surface area contributed by atoms with E-state index in [4.69, 9.17) is 21.1 Å². The van der Waals surface area contributed by atoms with Gasteiger partial charge >= 0.3 is 0 Å². The van der Waals surface area contributed by atoms with E-state index in [2.05, 4.69) is 43.4 Å². The molecule has 3 nitrogen and oxygen atoms in total. The lowest BCUT2D eigenvalue weighted by atomic mass is 10.1. The first kappa shape index (κ1) is 23.8. The molecule has 0 radical (unpaired) electrons. The fourth-order valence-electron chi connectivity index (χ4n) is 2.54. The number of halogens is 2. The van der Waals surface area contributed by atoms with E-state index in [0.29, 0.717) is 6.61 Å². The topological polar surface area (TPSA) is 30.5 Å². The van der Waals surface area contributed by atoms with Gasteiger partial charge in [0.1, 0.15) is 12.4 Å². The number of rotatable bonds is 12. The Morgan fingerprint density at radius 2 is 1.74 bits per heavy atom. The summed E-state index contributed by atoms with van der Waals surface area (Å²) in [5.74, 6) is 0.877. The minimum Gasteiger partial charge on any atom is -0.489 e. The van der Waals surface area contributed by atoms with Gasteiger partial charge in [0.25, 0.3) is 0 Å². The first-order valence-electron chi connectivity index (χ1n) is 9.44. The minimum absolute atomic E-state index is 0. The van der Waals surface area contributed by atoms with Crippen molar-refractivity contribution in [2.75, 3.05) is 19.8 Å². The van der Waals surface area contributed by atoms with E-state index in [-0.39, 0.29) is 12.4 Å². The molecular formula is C22H31Cl2NO2. The smallest absolute Gasteiger partial charge is 0.124 e. The molecule has 2 aromatic rings. The average Bonchev–Trinajstić information content (AvgIpc) is 2.64. The average molecular weight is 412 g/mol. The second-order valence-corrected chi connectivity index (χ2v) is 6.96. The second kappa shape index (κ2) is 13.8. The van der Waals surface area contributed by atoms with Crippen molar-refractivity contribution in [2.24, 2.45) is 0 Å². The van der Waals surface area contributed by atoms with Crippen molar-refractivity contribution in [1.82, 2.24) is 5.32 Å². The van der Waals surface area contributed by atoms with Crippen LogP contribution in [0.3, 0.4) is 0 Å². The molecular weight excluding hydrogens is 381 g/mol. The number of unbranched alkanes of at least 4 members (excludes halogenated alkanes) is 1. The van der Waals surface area contributed by atoms with E-state index in [1.807, 2.05) is 18.2 Å². The lowest BCUT2D eigenvalue weighted by Gasteiger charge is -2.13. The second-order valence-electron chi connectivity index (χ2n) is 6.52. The number of nitrogens with one attached hydrogen (secondary N) is 1. The van der Waals surface area contributed by atoms with Crippen LogP contribution in [0, 0.1) is 6.92 Å². The molecule has 0 aliphatic carbocycles. The number of benzene rings is 2. The number of hydrogen-bond donors (Lipinski definition) is 1. The van der Waals surface area contributed by atoms with Crippen LogP contribution in [0.2, 0.25) is 5.02 Å². The summed E-state index contributed by atoms with van der Waals surface area (Å²) in [6, 6.07) is 14.2. The fraction of sp³-hybridized carbons (Fsp3) is 0.455. The summed E-state index contributed by atoms with van der Waals surface area (Å²) in [6.45, 7) is 8.13. The highest BCUT2D eigenvalue weighted by molar-refractivity contribution is 6.30. The monoisotopic (exact) mass is 411 g/mol. The molecule has 1 N–H and O–H groups in total. The molecule has 0 unspecified atom stereocenters. The lowest BCUT2D eigenvalue weighted by Crippen LogP contribution is -2.17. The molecule has 0 atom stereocenters. The van der Waals surface area contributed by atoms with Crippen molar-refractivity contribution in [3.05, 3.63) is 64.2 Å². The molecule has 2 rings (SSSR count). The van der Waals surface area contributed by atoms with E-state index in [0.717, 1.165) is 61.0 Å². The first-order valence-corrected chi connectivity index (χ1v) is 9.82. The summed E-state index contributed by atoms with van der Waals surface area (Å²) in [5.41, 5.74) is 3.49. The van der Waals surface area contributed by atoms with Crippen LogP contribution in [-0.2, 0) is 17.9 Å². The van der Waals surface area contributed by atoms with Gasteiger partial charge in [-0.1, -0.05) is 54.8 Å². The van der Waals surface area contributed by atoms with E-state index in [1.165, 1.54) is 12.0 Å². The van der Waals surface area contributed by atoms with E-state index in [9.17, 15) is 0 Å². The number of ether oxygens (including phenoxy) is 2. The molecule has 0 heterocycles. The predicted octanol–water partition coefficient (Wildman–Crippen LogP) is 5.95. The Morgan fingerprint density at radius 3 is 2.48 bits per heavy atom. The molecule has 0 saturated carbocycles. The molecule has 0 amide bonds. The van der Waals surface area contributed by atoms with Crippen molar-refractivity contribution >= 4 is 24.0 Å². The van der Waals surface area contributed by atoms with Crippen LogP contribution in [0.15, 0.2) is 42.5 Å². The molecule has 0 saturated heterocycles. The summed E-state index contributed by atoms with van der Waals surface area (Å²) in [5, 5.41) is 4.18. The largest absolute Gasteiger partial charge is 0.489 e. The third-order valence-corrected chi connectivity index (χ3v) is 4.37. The van der Waals surface area contributed by atoms with Gasteiger partial charge in [-0.15, -0.1) is 12.4 Å². The lowest BCUT2D eigenvalue weighted by molar-refractivity contribution is 0.128. The third-order valence-electron chi connectivity index (χ3n) is 4.14. The van der Waals surface area contributed by atoms with Gasteiger partial charge in [-0.2, -0.15) is 0 Å². The van der Waals surface area contributed by atoms with E-state index < -0.39 is 0 Å². The van der Waals surface area contributed by atoms with Gasteiger partial charge in [0, 0.05) is 30.3 Å². The maximum Gasteiger partial charge on any atom is 0.124 e. The SMILES string of the molecule is CCCCOCCCNCc1cc(Cl)ccc1OCc1ccc(C)cc1.Cl. The Balaban J connectivity index is 0.00000364. The molecule has 2 aromatic carbocycles. The third kappa shape index (κ3) is 9.48. The Kier molecular flexibility index (Phi) is 12.2. The highest BCUT2D eigenvalue weighted by atomic mass is 35.5. The van der Waals surface area contributed by atoms with Crippen LogP contribution >= 0.6 is 24.0 Å². The Hall–Kier alpha value is -1.26. The van der Waals surface area contributed by atoms with E-state index >= 15 is 0 Å². The van der Waals surface area contributed by atoms with Crippen molar-refractivity contribution in [2.45, 2.75) is 46.3 Å². The summed E-state index contributed by atoms with van der Waals surface area (Å²) in [4.78, 5) is 0. The fourth-order valence-corrected chi connectivity index (χ4v) is 2.74. The quantitative estimate of drug-likeness (QED) is 0.437. The Morgan fingerprint density at radius 1 is 1.00 bits per heavy atom. The normalized spacial score (nSPS) is 10.5. The van der Waals surface area contributed by atoms with E-state index in [1.54, 1.807) is 0 Å². The Labute approximate surface area is 174 Å². The molecule has 0 aromatic heterocycles. The molecule has 27 heavy (non-hydrogen) atoms. The van der Waals surface area contributed by atoms with Gasteiger partial charge in [0.15, 0.2) is 0 Å². The maximum absolute atomic E-state index is 6.16. The molecule has 0 spiro atoms. The maximum atomic E-state index is 6.16. The van der Waals surface area contributed by atoms with Crippen LogP contribution in [0.25, 0.3) is 0 Å². The summed E-state index contributed by atoms with van der Waals surface area (Å²) >= 11 is 6.16. The molecule has 0 bridgehead atoms. The highest BCUT2D eigenvalue weighted by Gasteiger charge is 2.05. The zero-order valence-corrected chi connectivity index (χ0v) is 17.9. The van der Waals surface area contributed by atoms with Gasteiger partial charge < -0.3 is 14.8 Å². The predicted molar refractivity (Wildman–Crippen MR) is 116 cm³/mol. The van der Waals surface area contributed by atoms with Crippen LogP contribution in [0.1, 0.15) is 42.9 Å². The zero-order chi connectivity index (χ0) is 18.6.